The number of hydrogen-bond acceptors (Lipinski definition) is 4. The number of ether oxygens (including phenoxy) is 1. The summed E-state index contributed by atoms with van der Waals surface area (Å²) in [5.41, 5.74) is 4.05. The van der Waals surface area contributed by atoms with E-state index in [9.17, 15) is 4.79 Å². The Morgan fingerprint density at radius 1 is 1.11 bits per heavy atom. The van der Waals surface area contributed by atoms with Crippen LogP contribution in [0.4, 0.5) is 0 Å². The Kier molecular flexibility index (Phi) is 6.19. The van der Waals surface area contributed by atoms with Gasteiger partial charge in [0.1, 0.15) is 5.75 Å². The van der Waals surface area contributed by atoms with Gasteiger partial charge in [0.05, 0.1) is 24.2 Å². The lowest BCUT2D eigenvalue weighted by Crippen LogP contribution is -2.25. The van der Waals surface area contributed by atoms with E-state index in [1.54, 1.807) is 7.11 Å². The maximum absolute atomic E-state index is 12.2. The van der Waals surface area contributed by atoms with Gasteiger partial charge in [-0.3, -0.25) is 4.79 Å². The number of nitrogens with zero attached hydrogens (tertiary/aromatic N) is 2. The van der Waals surface area contributed by atoms with Crippen molar-refractivity contribution in [2.45, 2.75) is 25.3 Å². The first-order valence-electron chi connectivity index (χ1n) is 8.72. The van der Waals surface area contributed by atoms with E-state index in [0.717, 1.165) is 33.3 Å². The van der Waals surface area contributed by atoms with Gasteiger partial charge in [0, 0.05) is 22.7 Å². The number of thioether (sulfide) groups is 1. The van der Waals surface area contributed by atoms with Crippen molar-refractivity contribution in [3.05, 3.63) is 71.5 Å². The molecule has 1 amide bonds. The van der Waals surface area contributed by atoms with Crippen LogP contribution in [0.5, 0.6) is 5.75 Å². The lowest BCUT2D eigenvalue weighted by Gasteiger charge is -2.07. The second-order valence-electron chi connectivity index (χ2n) is 6.14. The summed E-state index contributed by atoms with van der Waals surface area (Å²) in [5, 5.41) is 7.62. The number of methoxy groups -OCH3 is 1. The fourth-order valence-corrected chi connectivity index (χ4v) is 3.54. The Morgan fingerprint density at radius 3 is 2.48 bits per heavy atom. The maximum Gasteiger partial charge on any atom is 0.230 e. The topological polar surface area (TPSA) is 56.1 Å². The van der Waals surface area contributed by atoms with E-state index < -0.39 is 0 Å². The minimum absolute atomic E-state index is 0.00193. The molecule has 0 fully saturated rings. The van der Waals surface area contributed by atoms with Crippen LogP contribution in [-0.4, -0.2) is 28.6 Å². The van der Waals surface area contributed by atoms with E-state index in [0.29, 0.717) is 12.3 Å². The molecular formula is C21H23N3O2S. The van der Waals surface area contributed by atoms with Gasteiger partial charge < -0.3 is 10.1 Å². The van der Waals surface area contributed by atoms with Crippen LogP contribution in [0.1, 0.15) is 17.0 Å². The number of carbonyl (C=O) groups is 1. The minimum Gasteiger partial charge on any atom is -0.497 e. The Morgan fingerprint density at radius 2 is 1.81 bits per heavy atom. The van der Waals surface area contributed by atoms with E-state index in [2.05, 4.69) is 10.4 Å². The van der Waals surface area contributed by atoms with Crippen LogP contribution in [0, 0.1) is 13.8 Å². The highest BCUT2D eigenvalue weighted by Gasteiger charge is 2.13. The van der Waals surface area contributed by atoms with Gasteiger partial charge in [-0.1, -0.05) is 18.2 Å². The normalized spacial score (nSPS) is 10.6. The Balaban J connectivity index is 1.58. The largest absolute Gasteiger partial charge is 0.497 e. The van der Waals surface area contributed by atoms with Crippen molar-refractivity contribution in [1.29, 1.82) is 0 Å². The average molecular weight is 382 g/mol. The summed E-state index contributed by atoms with van der Waals surface area (Å²) in [6, 6.07) is 17.7. The zero-order chi connectivity index (χ0) is 19.2. The van der Waals surface area contributed by atoms with Crippen LogP contribution < -0.4 is 10.1 Å². The lowest BCUT2D eigenvalue weighted by molar-refractivity contribution is -0.118. The average Bonchev–Trinajstić information content (AvgIpc) is 2.99. The molecule has 5 nitrogen and oxygen atoms in total. The lowest BCUT2D eigenvalue weighted by atomic mass is 10.2. The molecule has 1 heterocycles. The molecule has 1 N–H and O–H groups in total. The van der Waals surface area contributed by atoms with Crippen LogP contribution in [0.25, 0.3) is 5.69 Å². The van der Waals surface area contributed by atoms with Gasteiger partial charge in [-0.15, -0.1) is 11.8 Å². The van der Waals surface area contributed by atoms with Gasteiger partial charge in [0.15, 0.2) is 0 Å². The number of amides is 1. The number of nitrogens with one attached hydrogen (secondary N) is 1. The summed E-state index contributed by atoms with van der Waals surface area (Å²) in [4.78, 5) is 13.3. The van der Waals surface area contributed by atoms with Crippen LogP contribution >= 0.6 is 11.8 Å². The van der Waals surface area contributed by atoms with Gasteiger partial charge in [-0.25, -0.2) is 4.68 Å². The standard InChI is InChI=1S/C21H23N3O2S/c1-15-20(16(2)24(23-15)17-7-5-4-6-8-17)13-22-21(25)14-27-19-11-9-18(26-3)10-12-19/h4-12H,13-14H2,1-3H3,(H,22,25). The summed E-state index contributed by atoms with van der Waals surface area (Å²) in [5.74, 6) is 1.18. The number of aromatic nitrogens is 2. The quantitative estimate of drug-likeness (QED) is 0.631. The molecule has 0 unspecified atom stereocenters. The molecule has 1 aromatic heterocycles. The second kappa shape index (κ2) is 8.77. The van der Waals surface area contributed by atoms with Crippen molar-refractivity contribution in [3.8, 4) is 11.4 Å². The van der Waals surface area contributed by atoms with Gasteiger partial charge >= 0.3 is 0 Å². The maximum atomic E-state index is 12.2. The summed E-state index contributed by atoms with van der Waals surface area (Å²) in [6.07, 6.45) is 0. The first-order valence-corrected chi connectivity index (χ1v) is 9.71. The molecule has 3 rings (SSSR count). The van der Waals surface area contributed by atoms with Gasteiger partial charge in [-0.05, 0) is 50.2 Å². The molecule has 0 aliphatic rings. The van der Waals surface area contributed by atoms with Gasteiger partial charge in [0.25, 0.3) is 0 Å². The number of rotatable bonds is 7. The third-order valence-electron chi connectivity index (χ3n) is 4.33. The van der Waals surface area contributed by atoms with Crippen molar-refractivity contribution in [2.75, 3.05) is 12.9 Å². The second-order valence-corrected chi connectivity index (χ2v) is 7.19. The number of carbonyl (C=O) groups excluding carboxylic acids is 1. The minimum atomic E-state index is 0.00193. The van der Waals surface area contributed by atoms with Gasteiger partial charge in [0.2, 0.25) is 5.91 Å². The van der Waals surface area contributed by atoms with E-state index in [4.69, 9.17) is 4.74 Å². The van der Waals surface area contributed by atoms with E-state index >= 15 is 0 Å². The molecule has 2 aromatic carbocycles. The molecule has 0 bridgehead atoms. The van der Waals surface area contributed by atoms with E-state index in [1.165, 1.54) is 11.8 Å². The number of hydrogen-bond donors (Lipinski definition) is 1. The van der Waals surface area contributed by atoms with Crippen molar-refractivity contribution < 1.29 is 9.53 Å². The fourth-order valence-electron chi connectivity index (χ4n) is 2.81. The Hall–Kier alpha value is -2.73. The van der Waals surface area contributed by atoms with E-state index in [1.807, 2.05) is 73.1 Å². The van der Waals surface area contributed by atoms with Crippen molar-refractivity contribution in [1.82, 2.24) is 15.1 Å². The monoisotopic (exact) mass is 381 g/mol. The molecule has 3 aromatic rings. The zero-order valence-electron chi connectivity index (χ0n) is 15.7. The van der Waals surface area contributed by atoms with E-state index in [-0.39, 0.29) is 5.91 Å². The first-order chi connectivity index (χ1) is 13.1. The Bertz CT molecular complexity index is 905. The third kappa shape index (κ3) is 4.71. The van der Waals surface area contributed by atoms with Crippen LogP contribution in [0.15, 0.2) is 59.5 Å². The number of benzene rings is 2. The molecule has 0 saturated heterocycles. The molecular weight excluding hydrogens is 358 g/mol. The molecule has 0 aliphatic heterocycles. The molecule has 0 atom stereocenters. The number of aryl methyl sites for hydroxylation is 1. The Labute approximate surface area is 163 Å². The van der Waals surface area contributed by atoms with Crippen molar-refractivity contribution >= 4 is 17.7 Å². The van der Waals surface area contributed by atoms with Crippen LogP contribution in [-0.2, 0) is 11.3 Å². The molecule has 27 heavy (non-hydrogen) atoms. The van der Waals surface area contributed by atoms with Gasteiger partial charge in [-0.2, -0.15) is 5.10 Å². The highest BCUT2D eigenvalue weighted by atomic mass is 32.2. The van der Waals surface area contributed by atoms with Crippen molar-refractivity contribution in [3.63, 3.8) is 0 Å². The smallest absolute Gasteiger partial charge is 0.230 e. The zero-order valence-corrected chi connectivity index (χ0v) is 16.5. The molecule has 0 saturated carbocycles. The summed E-state index contributed by atoms with van der Waals surface area (Å²) < 4.78 is 7.06. The van der Waals surface area contributed by atoms with Crippen LogP contribution in [0.3, 0.4) is 0 Å². The summed E-state index contributed by atoms with van der Waals surface area (Å²) in [6.45, 7) is 4.48. The first kappa shape index (κ1) is 19.0. The highest BCUT2D eigenvalue weighted by Crippen LogP contribution is 2.21. The predicted octanol–water partition coefficient (Wildman–Crippen LogP) is 3.91. The fraction of sp³-hybridized carbons (Fsp3) is 0.238. The number of para-hydroxylation sites is 1. The molecule has 140 valence electrons. The molecule has 6 heteroatoms. The van der Waals surface area contributed by atoms with Crippen LogP contribution in [0.2, 0.25) is 0 Å². The summed E-state index contributed by atoms with van der Waals surface area (Å²) in [7, 11) is 1.64. The molecule has 0 radical (unpaired) electrons. The van der Waals surface area contributed by atoms with Crippen molar-refractivity contribution in [2.24, 2.45) is 0 Å². The highest BCUT2D eigenvalue weighted by molar-refractivity contribution is 8.00. The summed E-state index contributed by atoms with van der Waals surface area (Å²) >= 11 is 1.50. The third-order valence-corrected chi connectivity index (χ3v) is 5.35. The predicted molar refractivity (Wildman–Crippen MR) is 109 cm³/mol. The molecule has 0 spiro atoms. The SMILES string of the molecule is COc1ccc(SCC(=O)NCc2c(C)nn(-c3ccccc3)c2C)cc1. The molecule has 0 aliphatic carbocycles.